The van der Waals surface area contributed by atoms with Gasteiger partial charge in [0.15, 0.2) is 5.78 Å². The van der Waals surface area contributed by atoms with Gasteiger partial charge >= 0.3 is 0 Å². The molecule has 0 aromatic carbocycles. The van der Waals surface area contributed by atoms with E-state index in [0.717, 1.165) is 19.4 Å². The van der Waals surface area contributed by atoms with Crippen LogP contribution in [0.1, 0.15) is 32.6 Å². The van der Waals surface area contributed by atoms with Crippen LogP contribution in [0.4, 0.5) is 0 Å². The van der Waals surface area contributed by atoms with E-state index >= 15 is 0 Å². The maximum Gasteiger partial charge on any atom is 0.162 e. The van der Waals surface area contributed by atoms with Crippen molar-refractivity contribution in [1.82, 2.24) is 0 Å². The predicted molar refractivity (Wildman–Crippen MR) is 45.9 cm³/mol. The Hall–Kier alpha value is -0.370. The van der Waals surface area contributed by atoms with Crippen LogP contribution in [0.2, 0.25) is 0 Å². The molecule has 2 heteroatoms. The minimum absolute atomic E-state index is 0.0643. The molecule has 0 bridgehead atoms. The predicted octanol–water partition coefficient (Wildman–Crippen LogP) is 1.78. The molecular formula is C10H16O2. The highest BCUT2D eigenvalue weighted by atomic mass is 16.5. The molecule has 1 aliphatic heterocycles. The Balaban J connectivity index is 1.84. The Bertz CT molecular complexity index is 184. The largest absolute Gasteiger partial charge is 0.370 e. The number of carbonyl (C=O) groups is 1. The van der Waals surface area contributed by atoms with Crippen LogP contribution in [0.3, 0.4) is 0 Å². The molecule has 12 heavy (non-hydrogen) atoms. The van der Waals surface area contributed by atoms with Crippen LogP contribution in [0, 0.1) is 11.8 Å². The molecule has 0 N–H and O–H groups in total. The van der Waals surface area contributed by atoms with E-state index in [9.17, 15) is 4.79 Å². The van der Waals surface area contributed by atoms with Gasteiger partial charge in [0, 0.05) is 13.0 Å². The maximum atomic E-state index is 11.6. The van der Waals surface area contributed by atoms with Crippen LogP contribution < -0.4 is 0 Å². The topological polar surface area (TPSA) is 26.3 Å². The van der Waals surface area contributed by atoms with Crippen LogP contribution in [0.5, 0.6) is 0 Å². The lowest BCUT2D eigenvalue weighted by Crippen LogP contribution is -2.25. The van der Waals surface area contributed by atoms with Gasteiger partial charge in [0.1, 0.15) is 6.10 Å². The summed E-state index contributed by atoms with van der Waals surface area (Å²) in [5.74, 6) is 1.51. The molecule has 2 rings (SSSR count). The van der Waals surface area contributed by atoms with E-state index in [2.05, 4.69) is 6.92 Å². The van der Waals surface area contributed by atoms with Gasteiger partial charge < -0.3 is 4.74 Å². The van der Waals surface area contributed by atoms with Gasteiger partial charge in [0.25, 0.3) is 0 Å². The van der Waals surface area contributed by atoms with Crippen LogP contribution in [0.15, 0.2) is 0 Å². The van der Waals surface area contributed by atoms with Crippen molar-refractivity contribution in [3.05, 3.63) is 0 Å². The highest BCUT2D eigenvalue weighted by Crippen LogP contribution is 2.34. The molecule has 2 unspecified atom stereocenters. The first kappa shape index (κ1) is 8.24. The Kier molecular flexibility index (Phi) is 2.18. The molecule has 2 fully saturated rings. The van der Waals surface area contributed by atoms with Crippen molar-refractivity contribution in [1.29, 1.82) is 0 Å². The molecule has 2 nitrogen and oxygen atoms in total. The third-order valence-corrected chi connectivity index (χ3v) is 2.89. The molecule has 68 valence electrons. The van der Waals surface area contributed by atoms with E-state index in [1.54, 1.807) is 0 Å². The zero-order chi connectivity index (χ0) is 8.55. The second-order valence-electron chi connectivity index (χ2n) is 4.17. The summed E-state index contributed by atoms with van der Waals surface area (Å²) in [7, 11) is 0. The highest BCUT2D eigenvalue weighted by Gasteiger charge is 2.34. The average molecular weight is 168 g/mol. The zero-order valence-electron chi connectivity index (χ0n) is 7.58. The minimum Gasteiger partial charge on any atom is -0.370 e. The van der Waals surface area contributed by atoms with E-state index in [-0.39, 0.29) is 6.10 Å². The van der Waals surface area contributed by atoms with Crippen LogP contribution >= 0.6 is 0 Å². The van der Waals surface area contributed by atoms with Crippen molar-refractivity contribution in [3.8, 4) is 0 Å². The Morgan fingerprint density at radius 3 is 2.67 bits per heavy atom. The Morgan fingerprint density at radius 2 is 2.17 bits per heavy atom. The summed E-state index contributed by atoms with van der Waals surface area (Å²) >= 11 is 0. The summed E-state index contributed by atoms with van der Waals surface area (Å²) in [5.41, 5.74) is 0. The van der Waals surface area contributed by atoms with Crippen molar-refractivity contribution in [2.45, 2.75) is 38.7 Å². The fraction of sp³-hybridized carbons (Fsp3) is 0.900. The molecule has 0 spiro atoms. The number of hydrogen-bond acceptors (Lipinski definition) is 2. The van der Waals surface area contributed by atoms with Gasteiger partial charge in [-0.3, -0.25) is 4.79 Å². The molecule has 1 saturated carbocycles. The van der Waals surface area contributed by atoms with Crippen molar-refractivity contribution >= 4 is 5.78 Å². The van der Waals surface area contributed by atoms with Crippen molar-refractivity contribution in [2.24, 2.45) is 11.8 Å². The monoisotopic (exact) mass is 168 g/mol. The number of carbonyl (C=O) groups excluding carboxylic acids is 1. The Morgan fingerprint density at radius 1 is 1.42 bits per heavy atom. The molecule has 1 heterocycles. The van der Waals surface area contributed by atoms with Gasteiger partial charge in [-0.15, -0.1) is 0 Å². The lowest BCUT2D eigenvalue weighted by Gasteiger charge is -2.12. The fourth-order valence-corrected chi connectivity index (χ4v) is 1.83. The number of hydrogen-bond donors (Lipinski definition) is 0. The van der Waals surface area contributed by atoms with E-state index in [1.165, 1.54) is 12.8 Å². The fourth-order valence-electron chi connectivity index (χ4n) is 1.83. The summed E-state index contributed by atoms with van der Waals surface area (Å²) in [6.45, 7) is 2.89. The molecule has 1 aliphatic carbocycles. The smallest absolute Gasteiger partial charge is 0.162 e. The quantitative estimate of drug-likeness (QED) is 0.642. The summed E-state index contributed by atoms with van der Waals surface area (Å²) in [6.07, 6.45) is 4.28. The van der Waals surface area contributed by atoms with E-state index in [4.69, 9.17) is 4.74 Å². The van der Waals surface area contributed by atoms with Crippen LogP contribution in [-0.4, -0.2) is 18.5 Å². The van der Waals surface area contributed by atoms with Gasteiger partial charge in [0.05, 0.1) is 0 Å². The van der Waals surface area contributed by atoms with E-state index < -0.39 is 0 Å². The molecule has 0 amide bonds. The maximum absolute atomic E-state index is 11.6. The zero-order valence-corrected chi connectivity index (χ0v) is 7.58. The molecule has 0 aromatic rings. The van der Waals surface area contributed by atoms with Crippen molar-refractivity contribution in [2.75, 3.05) is 6.61 Å². The van der Waals surface area contributed by atoms with Crippen molar-refractivity contribution < 1.29 is 9.53 Å². The lowest BCUT2D eigenvalue weighted by molar-refractivity contribution is -0.129. The molecule has 0 radical (unpaired) electrons. The van der Waals surface area contributed by atoms with Crippen LogP contribution in [0.25, 0.3) is 0 Å². The van der Waals surface area contributed by atoms with E-state index in [1.807, 2.05) is 0 Å². The third kappa shape index (κ3) is 1.69. The summed E-state index contributed by atoms with van der Waals surface area (Å²) in [5, 5.41) is 0. The number of ether oxygens (including phenoxy) is 1. The minimum atomic E-state index is -0.0643. The van der Waals surface area contributed by atoms with Gasteiger partial charge in [-0.25, -0.2) is 0 Å². The van der Waals surface area contributed by atoms with Gasteiger partial charge in [-0.05, 0) is 31.1 Å². The van der Waals surface area contributed by atoms with Crippen molar-refractivity contribution in [3.63, 3.8) is 0 Å². The Labute approximate surface area is 73.3 Å². The molecular weight excluding hydrogens is 152 g/mol. The summed E-state index contributed by atoms with van der Waals surface area (Å²) < 4.78 is 5.41. The van der Waals surface area contributed by atoms with E-state index in [0.29, 0.717) is 17.6 Å². The molecule has 2 atom stereocenters. The van der Waals surface area contributed by atoms with Gasteiger partial charge in [0.2, 0.25) is 0 Å². The average Bonchev–Trinajstić information content (AvgIpc) is 2.72. The summed E-state index contributed by atoms with van der Waals surface area (Å²) in [4.78, 5) is 11.6. The van der Waals surface area contributed by atoms with Gasteiger partial charge in [-0.1, -0.05) is 6.92 Å². The molecule has 2 aliphatic rings. The van der Waals surface area contributed by atoms with Crippen LogP contribution in [-0.2, 0) is 9.53 Å². The number of ketones is 1. The second-order valence-corrected chi connectivity index (χ2v) is 4.17. The normalized spacial score (nSPS) is 35.4. The first-order valence-electron chi connectivity index (χ1n) is 4.91. The number of Topliss-reactive ketones (excluding diaryl/α,β-unsaturated/α-hetero) is 1. The molecule has 0 aromatic heterocycles. The highest BCUT2D eigenvalue weighted by molar-refractivity contribution is 5.84. The second kappa shape index (κ2) is 3.17. The first-order chi connectivity index (χ1) is 5.77. The standard InChI is InChI=1S/C10H16O2/c1-7-4-5-12-10(7)9(11)6-8-2-3-8/h7-8,10H,2-6H2,1H3. The summed E-state index contributed by atoms with van der Waals surface area (Å²) in [6, 6.07) is 0. The SMILES string of the molecule is CC1CCOC1C(=O)CC1CC1. The first-order valence-corrected chi connectivity index (χ1v) is 4.91. The molecule has 1 saturated heterocycles. The van der Waals surface area contributed by atoms with Gasteiger partial charge in [-0.2, -0.15) is 0 Å². The third-order valence-electron chi connectivity index (χ3n) is 2.89. The lowest BCUT2D eigenvalue weighted by atomic mass is 9.98. The number of rotatable bonds is 3.